The van der Waals surface area contributed by atoms with Crippen molar-refractivity contribution in [2.75, 3.05) is 0 Å². The Bertz CT molecular complexity index is 1190. The normalized spacial score (nSPS) is 15.7. The third-order valence-corrected chi connectivity index (χ3v) is 5.57. The van der Waals surface area contributed by atoms with E-state index in [2.05, 4.69) is 78.1 Å². The van der Waals surface area contributed by atoms with Crippen LogP contribution in [0.25, 0.3) is 11.1 Å². The van der Waals surface area contributed by atoms with Crippen LogP contribution >= 0.6 is 0 Å². The fourth-order valence-electron chi connectivity index (χ4n) is 4.14. The van der Waals surface area contributed by atoms with Crippen molar-refractivity contribution >= 4 is 11.5 Å². The highest BCUT2D eigenvalue weighted by molar-refractivity contribution is 6.05. The van der Waals surface area contributed by atoms with Gasteiger partial charge < -0.3 is 0 Å². The largest absolute Gasteiger partial charge is 0.264 e. The fourth-order valence-corrected chi connectivity index (χ4v) is 4.14. The average Bonchev–Trinajstić information content (AvgIpc) is 3.10. The predicted molar refractivity (Wildman–Crippen MR) is 117 cm³/mol. The van der Waals surface area contributed by atoms with Crippen LogP contribution in [0.4, 0.5) is 5.82 Å². The molecule has 1 aliphatic heterocycles. The number of nitrogens with zero attached hydrogens (tertiary/aromatic N) is 4. The Morgan fingerprint density at radius 2 is 1.69 bits per heavy atom. The summed E-state index contributed by atoms with van der Waals surface area (Å²) in [7, 11) is 0. The molecule has 0 fully saturated rings. The van der Waals surface area contributed by atoms with Gasteiger partial charge in [0.25, 0.3) is 0 Å². The Labute approximate surface area is 170 Å². The van der Waals surface area contributed by atoms with Crippen LogP contribution in [0, 0.1) is 13.8 Å². The summed E-state index contributed by atoms with van der Waals surface area (Å²) >= 11 is 0. The van der Waals surface area contributed by atoms with E-state index in [1.54, 1.807) is 0 Å². The number of benzene rings is 2. The maximum Gasteiger partial charge on any atom is 0.159 e. The van der Waals surface area contributed by atoms with Crippen LogP contribution in [0.1, 0.15) is 34.8 Å². The summed E-state index contributed by atoms with van der Waals surface area (Å²) in [5, 5.41) is 4.92. The molecule has 5 rings (SSSR count). The molecule has 1 atom stereocenters. The Kier molecular flexibility index (Phi) is 4.32. The highest BCUT2D eigenvalue weighted by Gasteiger charge is 2.30. The molecule has 0 saturated heterocycles. The number of aryl methyl sites for hydroxylation is 2. The van der Waals surface area contributed by atoms with Gasteiger partial charge in [-0.3, -0.25) is 4.98 Å². The molecule has 0 spiro atoms. The molecular weight excluding hydrogens is 356 g/mol. The minimum Gasteiger partial charge on any atom is -0.264 e. The maximum absolute atomic E-state index is 5.15. The second-order valence-corrected chi connectivity index (χ2v) is 7.47. The van der Waals surface area contributed by atoms with Gasteiger partial charge in [0.15, 0.2) is 5.82 Å². The van der Waals surface area contributed by atoms with Crippen molar-refractivity contribution in [3.63, 3.8) is 0 Å². The Morgan fingerprint density at radius 1 is 0.897 bits per heavy atom. The smallest absolute Gasteiger partial charge is 0.159 e. The van der Waals surface area contributed by atoms with Gasteiger partial charge in [-0.25, -0.2) is 9.67 Å². The van der Waals surface area contributed by atoms with Crippen molar-refractivity contribution in [3.8, 4) is 11.1 Å². The number of aliphatic imine (C=N–C) groups is 1. The minimum absolute atomic E-state index is 0.0713. The first-order chi connectivity index (χ1) is 14.2. The fraction of sp³-hybridized carbons (Fsp3) is 0.160. The number of fused-ring (bicyclic) bond motifs is 1. The lowest BCUT2D eigenvalue weighted by atomic mass is 9.94. The molecule has 4 aromatic rings. The summed E-state index contributed by atoms with van der Waals surface area (Å²) in [6, 6.07) is 23.1. The molecule has 142 valence electrons. The molecular formula is C25H22N4. The summed E-state index contributed by atoms with van der Waals surface area (Å²) in [4.78, 5) is 9.50. The predicted octanol–water partition coefficient (Wildman–Crippen LogP) is 5.68. The average molecular weight is 378 g/mol. The van der Waals surface area contributed by atoms with Gasteiger partial charge >= 0.3 is 0 Å². The van der Waals surface area contributed by atoms with E-state index >= 15 is 0 Å². The summed E-state index contributed by atoms with van der Waals surface area (Å²) in [5.74, 6) is 0.923. The van der Waals surface area contributed by atoms with Gasteiger partial charge in [0.1, 0.15) is 0 Å². The summed E-state index contributed by atoms with van der Waals surface area (Å²) in [5.41, 5.74) is 7.93. The first kappa shape index (κ1) is 17.6. The molecule has 29 heavy (non-hydrogen) atoms. The van der Waals surface area contributed by atoms with E-state index in [1.807, 2.05) is 24.5 Å². The Balaban J connectivity index is 1.75. The molecule has 0 amide bonds. The van der Waals surface area contributed by atoms with E-state index in [0.29, 0.717) is 0 Å². The lowest BCUT2D eigenvalue weighted by Crippen LogP contribution is -2.21. The summed E-state index contributed by atoms with van der Waals surface area (Å²) in [6.07, 6.45) is 4.54. The topological polar surface area (TPSA) is 43.1 Å². The van der Waals surface area contributed by atoms with Crippen molar-refractivity contribution in [2.24, 2.45) is 4.99 Å². The minimum atomic E-state index is 0.0713. The molecule has 2 aromatic carbocycles. The Hall–Kier alpha value is -3.53. The van der Waals surface area contributed by atoms with Gasteiger partial charge in [-0.05, 0) is 42.2 Å². The second kappa shape index (κ2) is 7.13. The van der Waals surface area contributed by atoms with Gasteiger partial charge in [0, 0.05) is 24.4 Å². The number of hydrogen-bond acceptors (Lipinski definition) is 3. The number of hydrogen-bond donors (Lipinski definition) is 0. The maximum atomic E-state index is 5.15. The van der Waals surface area contributed by atoms with Crippen molar-refractivity contribution in [3.05, 3.63) is 102 Å². The van der Waals surface area contributed by atoms with Crippen molar-refractivity contribution < 1.29 is 0 Å². The van der Waals surface area contributed by atoms with E-state index in [-0.39, 0.29) is 6.04 Å². The van der Waals surface area contributed by atoms with Crippen LogP contribution in [0.2, 0.25) is 0 Å². The monoisotopic (exact) mass is 378 g/mol. The highest BCUT2D eigenvalue weighted by Crippen LogP contribution is 2.41. The van der Waals surface area contributed by atoms with E-state index in [9.17, 15) is 0 Å². The summed E-state index contributed by atoms with van der Waals surface area (Å²) in [6.45, 7) is 4.21. The van der Waals surface area contributed by atoms with Crippen LogP contribution in [0.3, 0.4) is 0 Å². The molecule has 0 aliphatic carbocycles. The van der Waals surface area contributed by atoms with Crippen molar-refractivity contribution in [2.45, 2.75) is 26.3 Å². The SMILES string of the molecule is Cc1ccccc1C1=Nc2c(-c3ccccc3)c(C)nn2[C@H](c2cccnc2)C1. The van der Waals surface area contributed by atoms with Gasteiger partial charge in [-0.2, -0.15) is 5.10 Å². The molecule has 2 aromatic heterocycles. The molecule has 1 aliphatic rings. The van der Waals surface area contributed by atoms with Gasteiger partial charge in [0.2, 0.25) is 0 Å². The number of pyridine rings is 1. The first-order valence-electron chi connectivity index (χ1n) is 9.90. The highest BCUT2D eigenvalue weighted by atomic mass is 15.4. The molecule has 4 heteroatoms. The lowest BCUT2D eigenvalue weighted by Gasteiger charge is -2.25. The van der Waals surface area contributed by atoms with E-state index in [1.165, 1.54) is 11.1 Å². The van der Waals surface area contributed by atoms with E-state index < -0.39 is 0 Å². The second-order valence-electron chi connectivity index (χ2n) is 7.47. The lowest BCUT2D eigenvalue weighted by molar-refractivity contribution is 0.528. The standard InChI is InChI=1S/C25H22N4/c1-17-9-6-7-13-21(17)22-15-23(20-12-8-14-26-16-20)29-25(27-22)24(18(2)28-29)19-10-4-3-5-11-19/h3-14,16,23H,15H2,1-2H3/t23-/m0/s1. The van der Waals surface area contributed by atoms with E-state index in [0.717, 1.165) is 40.3 Å². The molecule has 4 nitrogen and oxygen atoms in total. The zero-order valence-corrected chi connectivity index (χ0v) is 16.6. The summed E-state index contributed by atoms with van der Waals surface area (Å²) < 4.78 is 2.08. The Morgan fingerprint density at radius 3 is 2.45 bits per heavy atom. The molecule has 0 unspecified atom stereocenters. The quantitative estimate of drug-likeness (QED) is 0.460. The number of aromatic nitrogens is 3. The van der Waals surface area contributed by atoms with Crippen molar-refractivity contribution in [1.29, 1.82) is 0 Å². The molecule has 0 saturated carbocycles. The van der Waals surface area contributed by atoms with Crippen LogP contribution in [-0.4, -0.2) is 20.5 Å². The zero-order chi connectivity index (χ0) is 19.8. The van der Waals surface area contributed by atoms with Gasteiger partial charge in [-0.15, -0.1) is 0 Å². The van der Waals surface area contributed by atoms with Gasteiger partial charge in [-0.1, -0.05) is 60.7 Å². The van der Waals surface area contributed by atoms with Crippen LogP contribution in [-0.2, 0) is 0 Å². The number of rotatable bonds is 3. The molecule has 3 heterocycles. The van der Waals surface area contributed by atoms with Gasteiger partial charge in [0.05, 0.1) is 17.4 Å². The van der Waals surface area contributed by atoms with Crippen LogP contribution in [0.5, 0.6) is 0 Å². The van der Waals surface area contributed by atoms with Crippen LogP contribution < -0.4 is 0 Å². The third-order valence-electron chi connectivity index (χ3n) is 5.57. The molecule has 0 radical (unpaired) electrons. The zero-order valence-electron chi connectivity index (χ0n) is 16.6. The molecule has 0 bridgehead atoms. The first-order valence-corrected chi connectivity index (χ1v) is 9.90. The third kappa shape index (κ3) is 3.07. The van der Waals surface area contributed by atoms with Crippen LogP contribution in [0.15, 0.2) is 84.1 Å². The van der Waals surface area contributed by atoms with E-state index in [4.69, 9.17) is 10.1 Å². The molecule has 0 N–H and O–H groups in total. The van der Waals surface area contributed by atoms with Crippen molar-refractivity contribution in [1.82, 2.24) is 14.8 Å².